The zero-order valence-corrected chi connectivity index (χ0v) is 10.8. The molecule has 0 heteroatoms. The van der Waals surface area contributed by atoms with E-state index in [1.165, 1.54) is 47.9 Å². The molecule has 1 aromatic carbocycles. The standard InChI is InChI=1S/C16H22/c1-5-6-7-8-9-10-16-11-13(2)15(4)14(3)12-16/h1,11-12H,6-10H2,2-4H3. The van der Waals surface area contributed by atoms with Crippen LogP contribution >= 0.6 is 0 Å². The van der Waals surface area contributed by atoms with Gasteiger partial charge in [-0.3, -0.25) is 0 Å². The van der Waals surface area contributed by atoms with Crippen LogP contribution in [0.1, 0.15) is 47.9 Å². The van der Waals surface area contributed by atoms with Crippen molar-refractivity contribution >= 4 is 0 Å². The average Bonchev–Trinajstić information content (AvgIpc) is 2.25. The van der Waals surface area contributed by atoms with Crippen molar-refractivity contribution in [3.63, 3.8) is 0 Å². The fourth-order valence-corrected chi connectivity index (χ4v) is 2.00. The smallest absolute Gasteiger partial charge is 0.00860 e. The first-order chi connectivity index (χ1) is 7.65. The second-order valence-corrected chi connectivity index (χ2v) is 4.62. The summed E-state index contributed by atoms with van der Waals surface area (Å²) in [5.41, 5.74) is 5.73. The normalized spacial score (nSPS) is 10.1. The molecule has 1 rings (SSSR count). The number of hydrogen-bond acceptors (Lipinski definition) is 0. The van der Waals surface area contributed by atoms with Gasteiger partial charge in [0.1, 0.15) is 0 Å². The number of aryl methyl sites for hydroxylation is 3. The van der Waals surface area contributed by atoms with Crippen LogP contribution in [0.3, 0.4) is 0 Å². The lowest BCUT2D eigenvalue weighted by Gasteiger charge is -2.08. The molecule has 0 atom stereocenters. The fourth-order valence-electron chi connectivity index (χ4n) is 2.00. The molecule has 0 amide bonds. The van der Waals surface area contributed by atoms with Crippen molar-refractivity contribution in [3.05, 3.63) is 34.4 Å². The highest BCUT2D eigenvalue weighted by Crippen LogP contribution is 2.17. The molecule has 0 aliphatic heterocycles. The summed E-state index contributed by atoms with van der Waals surface area (Å²) in [6.07, 6.45) is 11.0. The highest BCUT2D eigenvalue weighted by molar-refractivity contribution is 5.36. The van der Waals surface area contributed by atoms with Gasteiger partial charge in [-0.1, -0.05) is 18.6 Å². The van der Waals surface area contributed by atoms with E-state index in [0.29, 0.717) is 0 Å². The maximum Gasteiger partial charge on any atom is 0.00860 e. The van der Waals surface area contributed by atoms with E-state index in [4.69, 9.17) is 6.42 Å². The van der Waals surface area contributed by atoms with E-state index in [1.807, 2.05) is 0 Å². The van der Waals surface area contributed by atoms with Crippen molar-refractivity contribution < 1.29 is 0 Å². The van der Waals surface area contributed by atoms with Gasteiger partial charge in [-0.15, -0.1) is 12.3 Å². The number of rotatable bonds is 5. The van der Waals surface area contributed by atoms with Gasteiger partial charge in [0, 0.05) is 6.42 Å². The lowest BCUT2D eigenvalue weighted by atomic mass is 9.97. The summed E-state index contributed by atoms with van der Waals surface area (Å²) in [5, 5.41) is 0. The van der Waals surface area contributed by atoms with Crippen molar-refractivity contribution in [2.75, 3.05) is 0 Å². The van der Waals surface area contributed by atoms with Gasteiger partial charge >= 0.3 is 0 Å². The van der Waals surface area contributed by atoms with Crippen molar-refractivity contribution in [1.82, 2.24) is 0 Å². The molecule has 0 nitrogen and oxygen atoms in total. The summed E-state index contributed by atoms with van der Waals surface area (Å²) >= 11 is 0. The molecule has 0 bridgehead atoms. The molecule has 0 radical (unpaired) electrons. The summed E-state index contributed by atoms with van der Waals surface area (Å²) in [6, 6.07) is 4.65. The minimum absolute atomic E-state index is 0.923. The van der Waals surface area contributed by atoms with Crippen molar-refractivity contribution in [2.45, 2.75) is 52.9 Å². The van der Waals surface area contributed by atoms with Gasteiger partial charge in [0.05, 0.1) is 0 Å². The third-order valence-corrected chi connectivity index (χ3v) is 3.27. The van der Waals surface area contributed by atoms with Crippen molar-refractivity contribution in [2.24, 2.45) is 0 Å². The zero-order chi connectivity index (χ0) is 12.0. The van der Waals surface area contributed by atoms with Gasteiger partial charge in [-0.2, -0.15) is 0 Å². The molecule has 0 saturated carbocycles. The van der Waals surface area contributed by atoms with Crippen LogP contribution in [0, 0.1) is 33.1 Å². The van der Waals surface area contributed by atoms with Gasteiger partial charge in [0.25, 0.3) is 0 Å². The quantitative estimate of drug-likeness (QED) is 0.505. The Morgan fingerprint density at radius 1 is 1.00 bits per heavy atom. The van der Waals surface area contributed by atoms with Gasteiger partial charge in [-0.05, 0) is 62.3 Å². The maximum atomic E-state index is 5.23. The summed E-state index contributed by atoms with van der Waals surface area (Å²) < 4.78 is 0. The first-order valence-electron chi connectivity index (χ1n) is 6.15. The first-order valence-corrected chi connectivity index (χ1v) is 6.15. The Morgan fingerprint density at radius 2 is 1.62 bits per heavy atom. The summed E-state index contributed by atoms with van der Waals surface area (Å²) in [5.74, 6) is 2.69. The van der Waals surface area contributed by atoms with Crippen LogP contribution in [0.5, 0.6) is 0 Å². The van der Waals surface area contributed by atoms with Crippen LogP contribution in [0.2, 0.25) is 0 Å². The molecule has 0 aliphatic rings. The summed E-state index contributed by atoms with van der Waals surface area (Å²) in [7, 11) is 0. The molecule has 1 aromatic rings. The monoisotopic (exact) mass is 214 g/mol. The van der Waals surface area contributed by atoms with Crippen LogP contribution < -0.4 is 0 Å². The van der Waals surface area contributed by atoms with E-state index in [9.17, 15) is 0 Å². The van der Waals surface area contributed by atoms with E-state index in [2.05, 4.69) is 38.8 Å². The summed E-state index contributed by atoms with van der Waals surface area (Å²) in [6.45, 7) is 6.59. The number of terminal acetylenes is 1. The molecular formula is C16H22. The first kappa shape index (κ1) is 12.8. The van der Waals surface area contributed by atoms with Gasteiger partial charge in [-0.25, -0.2) is 0 Å². The second kappa shape index (κ2) is 6.38. The van der Waals surface area contributed by atoms with E-state index in [1.54, 1.807) is 0 Å². The molecule has 0 aliphatic carbocycles. The molecule has 0 saturated heterocycles. The predicted octanol–water partition coefficient (Wildman–Crippen LogP) is 4.35. The lowest BCUT2D eigenvalue weighted by molar-refractivity contribution is 0.692. The number of hydrogen-bond donors (Lipinski definition) is 0. The molecule has 0 N–H and O–H groups in total. The molecular weight excluding hydrogens is 192 g/mol. The Hall–Kier alpha value is -1.22. The third-order valence-electron chi connectivity index (χ3n) is 3.27. The molecule has 86 valence electrons. The van der Waals surface area contributed by atoms with Gasteiger partial charge in [0.15, 0.2) is 0 Å². The zero-order valence-electron chi connectivity index (χ0n) is 10.8. The Bertz CT molecular complexity index is 357. The number of unbranched alkanes of at least 4 members (excludes halogenated alkanes) is 3. The highest BCUT2D eigenvalue weighted by Gasteiger charge is 2.00. The maximum absolute atomic E-state index is 5.23. The SMILES string of the molecule is C#CCCCCCc1cc(C)c(C)c(C)c1. The summed E-state index contributed by atoms with van der Waals surface area (Å²) in [4.78, 5) is 0. The van der Waals surface area contributed by atoms with Gasteiger partial charge in [0.2, 0.25) is 0 Å². The van der Waals surface area contributed by atoms with Crippen molar-refractivity contribution in [1.29, 1.82) is 0 Å². The lowest BCUT2D eigenvalue weighted by Crippen LogP contribution is -1.92. The second-order valence-electron chi connectivity index (χ2n) is 4.62. The van der Waals surface area contributed by atoms with Crippen LogP contribution in [0.15, 0.2) is 12.1 Å². The largest absolute Gasteiger partial charge is 0.120 e. The Morgan fingerprint density at radius 3 is 2.19 bits per heavy atom. The van der Waals surface area contributed by atoms with Crippen LogP contribution in [0.4, 0.5) is 0 Å². The Labute approximate surface area is 100 Å². The molecule has 0 spiro atoms. The molecule has 16 heavy (non-hydrogen) atoms. The average molecular weight is 214 g/mol. The van der Waals surface area contributed by atoms with E-state index in [-0.39, 0.29) is 0 Å². The minimum atomic E-state index is 0.923. The molecule has 0 fully saturated rings. The van der Waals surface area contributed by atoms with E-state index in [0.717, 1.165) is 6.42 Å². The van der Waals surface area contributed by atoms with Gasteiger partial charge < -0.3 is 0 Å². The minimum Gasteiger partial charge on any atom is -0.120 e. The molecule has 0 aromatic heterocycles. The predicted molar refractivity (Wildman–Crippen MR) is 71.7 cm³/mol. The van der Waals surface area contributed by atoms with E-state index >= 15 is 0 Å². The Balaban J connectivity index is 2.46. The highest BCUT2D eigenvalue weighted by atomic mass is 14.1. The Kier molecular flexibility index (Phi) is 5.12. The van der Waals surface area contributed by atoms with Crippen LogP contribution in [-0.4, -0.2) is 0 Å². The fraction of sp³-hybridized carbons (Fsp3) is 0.500. The topological polar surface area (TPSA) is 0 Å². The molecule has 0 heterocycles. The van der Waals surface area contributed by atoms with Crippen LogP contribution in [-0.2, 0) is 6.42 Å². The third kappa shape index (κ3) is 3.74. The van der Waals surface area contributed by atoms with Crippen LogP contribution in [0.25, 0.3) is 0 Å². The molecule has 0 unspecified atom stereocenters. The van der Waals surface area contributed by atoms with E-state index < -0.39 is 0 Å². The number of benzene rings is 1. The van der Waals surface area contributed by atoms with Crippen molar-refractivity contribution in [3.8, 4) is 12.3 Å².